The van der Waals surface area contributed by atoms with E-state index in [1.807, 2.05) is 0 Å². The van der Waals surface area contributed by atoms with Gasteiger partial charge in [-0.05, 0) is 32.1 Å². The summed E-state index contributed by atoms with van der Waals surface area (Å²) in [4.78, 5) is 0. The molecule has 1 fully saturated rings. The number of ether oxygens (including phenoxy) is 1. The molecule has 3 nitrogen and oxygen atoms in total. The van der Waals surface area contributed by atoms with Gasteiger partial charge >= 0.3 is 0 Å². The fraction of sp³-hybridized carbons (Fsp3) is 1.00. The quantitative estimate of drug-likeness (QED) is 0.659. The Morgan fingerprint density at radius 1 is 1.50 bits per heavy atom. The SMILES string of the molecule is COC1CCC(N)(CCO)CC1. The molecule has 3 N–H and O–H groups in total. The van der Waals surface area contributed by atoms with Crippen molar-refractivity contribution in [2.45, 2.75) is 43.7 Å². The Kier molecular flexibility index (Phi) is 3.50. The van der Waals surface area contributed by atoms with Crippen molar-refractivity contribution in [3.8, 4) is 0 Å². The second kappa shape index (κ2) is 4.21. The molecule has 0 bridgehead atoms. The van der Waals surface area contributed by atoms with Crippen molar-refractivity contribution in [3.63, 3.8) is 0 Å². The largest absolute Gasteiger partial charge is 0.396 e. The van der Waals surface area contributed by atoms with Gasteiger partial charge in [-0.2, -0.15) is 0 Å². The van der Waals surface area contributed by atoms with Gasteiger partial charge in [0.25, 0.3) is 0 Å². The summed E-state index contributed by atoms with van der Waals surface area (Å²) in [6.45, 7) is 0.203. The standard InChI is InChI=1S/C9H19NO2/c1-12-8-2-4-9(10,5-3-8)6-7-11/h8,11H,2-7,10H2,1H3. The molecule has 0 spiro atoms. The summed E-state index contributed by atoms with van der Waals surface area (Å²) in [5.41, 5.74) is 5.95. The van der Waals surface area contributed by atoms with E-state index in [1.165, 1.54) is 0 Å². The second-order valence-corrected chi connectivity index (χ2v) is 3.77. The predicted octanol–water partition coefficient (Wildman–Crippen LogP) is 0.655. The van der Waals surface area contributed by atoms with Crippen molar-refractivity contribution in [2.75, 3.05) is 13.7 Å². The van der Waals surface area contributed by atoms with Gasteiger partial charge in [0.2, 0.25) is 0 Å². The third kappa shape index (κ3) is 2.44. The topological polar surface area (TPSA) is 55.5 Å². The number of rotatable bonds is 3. The summed E-state index contributed by atoms with van der Waals surface area (Å²) >= 11 is 0. The van der Waals surface area contributed by atoms with Crippen molar-refractivity contribution in [1.29, 1.82) is 0 Å². The Balaban J connectivity index is 2.33. The normalized spacial score (nSPS) is 36.8. The summed E-state index contributed by atoms with van der Waals surface area (Å²) in [6, 6.07) is 0. The van der Waals surface area contributed by atoms with Crippen LogP contribution in [0.3, 0.4) is 0 Å². The average Bonchev–Trinajstić information content (AvgIpc) is 2.06. The molecule has 0 amide bonds. The monoisotopic (exact) mass is 173 g/mol. The van der Waals surface area contributed by atoms with E-state index < -0.39 is 0 Å². The highest BCUT2D eigenvalue weighted by molar-refractivity contribution is 4.89. The van der Waals surface area contributed by atoms with Gasteiger partial charge in [0.15, 0.2) is 0 Å². The van der Waals surface area contributed by atoms with Crippen molar-refractivity contribution in [2.24, 2.45) is 5.73 Å². The molecule has 0 atom stereocenters. The maximum Gasteiger partial charge on any atom is 0.0572 e. The van der Waals surface area contributed by atoms with E-state index in [1.54, 1.807) is 7.11 Å². The van der Waals surface area contributed by atoms with Crippen LogP contribution in [-0.4, -0.2) is 30.5 Å². The summed E-state index contributed by atoms with van der Waals surface area (Å²) in [5.74, 6) is 0. The molecule has 1 saturated carbocycles. The summed E-state index contributed by atoms with van der Waals surface area (Å²) in [7, 11) is 1.75. The van der Waals surface area contributed by atoms with Gasteiger partial charge < -0.3 is 15.6 Å². The third-order valence-electron chi connectivity index (χ3n) is 2.87. The minimum atomic E-state index is -0.121. The molecule has 12 heavy (non-hydrogen) atoms. The Bertz CT molecular complexity index is 130. The lowest BCUT2D eigenvalue weighted by atomic mass is 9.79. The van der Waals surface area contributed by atoms with Crippen LogP contribution in [-0.2, 0) is 4.74 Å². The van der Waals surface area contributed by atoms with Crippen LogP contribution in [0.4, 0.5) is 0 Å². The Morgan fingerprint density at radius 2 is 2.08 bits per heavy atom. The molecular weight excluding hydrogens is 154 g/mol. The zero-order chi connectivity index (χ0) is 9.03. The van der Waals surface area contributed by atoms with E-state index in [4.69, 9.17) is 15.6 Å². The van der Waals surface area contributed by atoms with Gasteiger partial charge in [-0.3, -0.25) is 0 Å². The molecule has 0 aliphatic heterocycles. The highest BCUT2D eigenvalue weighted by Gasteiger charge is 2.30. The number of aliphatic hydroxyl groups excluding tert-OH is 1. The van der Waals surface area contributed by atoms with Crippen molar-refractivity contribution in [1.82, 2.24) is 0 Å². The van der Waals surface area contributed by atoms with Crippen LogP contribution in [0.25, 0.3) is 0 Å². The number of hydrogen-bond acceptors (Lipinski definition) is 3. The lowest BCUT2D eigenvalue weighted by Gasteiger charge is -2.36. The molecule has 1 aliphatic rings. The molecule has 0 aromatic carbocycles. The number of hydrogen-bond donors (Lipinski definition) is 2. The fourth-order valence-electron chi connectivity index (χ4n) is 1.87. The molecule has 3 heteroatoms. The zero-order valence-electron chi connectivity index (χ0n) is 7.75. The van der Waals surface area contributed by atoms with Crippen LogP contribution in [0.2, 0.25) is 0 Å². The molecule has 0 radical (unpaired) electrons. The average molecular weight is 173 g/mol. The first-order chi connectivity index (χ1) is 5.70. The molecule has 1 rings (SSSR count). The van der Waals surface area contributed by atoms with Crippen molar-refractivity contribution < 1.29 is 9.84 Å². The van der Waals surface area contributed by atoms with Gasteiger partial charge in [-0.1, -0.05) is 0 Å². The van der Waals surface area contributed by atoms with E-state index in [-0.39, 0.29) is 12.1 Å². The van der Waals surface area contributed by atoms with Gasteiger partial charge in [-0.25, -0.2) is 0 Å². The molecule has 0 aromatic heterocycles. The van der Waals surface area contributed by atoms with Crippen LogP contribution in [0.5, 0.6) is 0 Å². The Hall–Kier alpha value is -0.120. The lowest BCUT2D eigenvalue weighted by Crippen LogP contribution is -2.45. The van der Waals surface area contributed by atoms with E-state index in [0.29, 0.717) is 6.10 Å². The summed E-state index contributed by atoms with van der Waals surface area (Å²) in [5, 5.41) is 8.80. The van der Waals surface area contributed by atoms with Crippen LogP contribution < -0.4 is 5.73 Å². The van der Waals surface area contributed by atoms with E-state index in [2.05, 4.69) is 0 Å². The van der Waals surface area contributed by atoms with E-state index in [9.17, 15) is 0 Å². The third-order valence-corrected chi connectivity index (χ3v) is 2.87. The molecule has 0 aromatic rings. The smallest absolute Gasteiger partial charge is 0.0572 e. The van der Waals surface area contributed by atoms with Gasteiger partial charge in [-0.15, -0.1) is 0 Å². The number of methoxy groups -OCH3 is 1. The second-order valence-electron chi connectivity index (χ2n) is 3.77. The zero-order valence-corrected chi connectivity index (χ0v) is 7.75. The fourth-order valence-corrected chi connectivity index (χ4v) is 1.87. The minimum absolute atomic E-state index is 0.121. The van der Waals surface area contributed by atoms with Crippen molar-refractivity contribution in [3.05, 3.63) is 0 Å². The molecule has 1 aliphatic carbocycles. The van der Waals surface area contributed by atoms with Gasteiger partial charge in [0, 0.05) is 19.3 Å². The Labute approximate surface area is 73.9 Å². The van der Waals surface area contributed by atoms with Crippen LogP contribution in [0, 0.1) is 0 Å². The van der Waals surface area contributed by atoms with E-state index in [0.717, 1.165) is 32.1 Å². The minimum Gasteiger partial charge on any atom is -0.396 e. The van der Waals surface area contributed by atoms with Gasteiger partial charge in [0.05, 0.1) is 6.10 Å². The van der Waals surface area contributed by atoms with E-state index >= 15 is 0 Å². The molecule has 0 unspecified atom stereocenters. The number of nitrogens with two attached hydrogens (primary N) is 1. The molecule has 0 heterocycles. The molecule has 72 valence electrons. The van der Waals surface area contributed by atoms with Crippen LogP contribution in [0.1, 0.15) is 32.1 Å². The first kappa shape index (κ1) is 9.96. The van der Waals surface area contributed by atoms with Crippen LogP contribution in [0.15, 0.2) is 0 Å². The summed E-state index contributed by atoms with van der Waals surface area (Å²) in [6.07, 6.45) is 5.14. The highest BCUT2D eigenvalue weighted by Crippen LogP contribution is 2.29. The predicted molar refractivity (Wildman–Crippen MR) is 47.9 cm³/mol. The number of aliphatic hydroxyl groups is 1. The Morgan fingerprint density at radius 3 is 2.50 bits per heavy atom. The maximum atomic E-state index is 8.80. The maximum absolute atomic E-state index is 8.80. The molecule has 0 saturated heterocycles. The van der Waals surface area contributed by atoms with Crippen molar-refractivity contribution >= 4 is 0 Å². The summed E-state index contributed by atoms with van der Waals surface area (Å²) < 4.78 is 5.24. The first-order valence-corrected chi connectivity index (χ1v) is 4.63. The van der Waals surface area contributed by atoms with Crippen LogP contribution >= 0.6 is 0 Å². The molecular formula is C9H19NO2. The first-order valence-electron chi connectivity index (χ1n) is 4.63. The van der Waals surface area contributed by atoms with Gasteiger partial charge in [0.1, 0.15) is 0 Å². The highest BCUT2D eigenvalue weighted by atomic mass is 16.5. The lowest BCUT2D eigenvalue weighted by molar-refractivity contribution is 0.0444.